The fourth-order valence-electron chi connectivity index (χ4n) is 4.91. The van der Waals surface area contributed by atoms with Gasteiger partial charge < -0.3 is 20.2 Å². The van der Waals surface area contributed by atoms with Crippen molar-refractivity contribution in [3.8, 4) is 0 Å². The number of amides is 2. The molecule has 3 rings (SSSR count). The molecule has 5 nitrogen and oxygen atoms in total. The minimum absolute atomic E-state index is 0.0524. The number of aryl methyl sites for hydroxylation is 1. The summed E-state index contributed by atoms with van der Waals surface area (Å²) in [5, 5.41) is 12.6. The number of nitrogens with one attached hydrogen (secondary N) is 1. The molecule has 2 aromatic carbocycles. The van der Waals surface area contributed by atoms with Gasteiger partial charge in [0.15, 0.2) is 0 Å². The van der Waals surface area contributed by atoms with E-state index in [1.54, 1.807) is 19.9 Å². The summed E-state index contributed by atoms with van der Waals surface area (Å²) in [7, 11) is 1.33. The molecule has 4 atom stereocenters. The van der Waals surface area contributed by atoms with Crippen molar-refractivity contribution in [2.75, 3.05) is 26.7 Å². The standard InChI is InChI=1S/C27H32F7N3O2/c1-15-9-22(28)5-6-23(15)24-18(13-35-16(2)14-38)7-8-37(24)25(39)36(4)17(3)19-10-20(26(29,30)31)12-21(11-19)27(32,33)34/h5-6,9-12,16-18,24,35,38H,7-8,13-14H2,1-4H3/t16?,17-,18+,24-/m1/s1. The molecule has 2 N–H and O–H groups in total. The van der Waals surface area contributed by atoms with Crippen LogP contribution in [0.2, 0.25) is 0 Å². The number of benzene rings is 2. The van der Waals surface area contributed by atoms with Gasteiger partial charge in [0.05, 0.1) is 29.8 Å². The zero-order valence-electron chi connectivity index (χ0n) is 22.0. The fourth-order valence-corrected chi connectivity index (χ4v) is 4.91. The average Bonchev–Trinajstić information content (AvgIpc) is 3.28. The summed E-state index contributed by atoms with van der Waals surface area (Å²) in [5.74, 6) is -0.590. The van der Waals surface area contributed by atoms with Crippen LogP contribution in [0.4, 0.5) is 35.5 Å². The highest BCUT2D eigenvalue weighted by Crippen LogP contribution is 2.41. The van der Waals surface area contributed by atoms with E-state index in [1.807, 2.05) is 0 Å². The number of halogens is 7. The number of carbonyl (C=O) groups excluding carboxylic acids is 1. The molecular weight excluding hydrogens is 531 g/mol. The van der Waals surface area contributed by atoms with Crippen LogP contribution < -0.4 is 5.32 Å². The Labute approximate surface area is 222 Å². The molecule has 12 heteroatoms. The number of carbonyl (C=O) groups is 1. The van der Waals surface area contributed by atoms with Crippen LogP contribution in [0.1, 0.15) is 60.2 Å². The summed E-state index contributed by atoms with van der Waals surface area (Å²) >= 11 is 0. The first kappa shape index (κ1) is 30.7. The molecule has 1 saturated heterocycles. The van der Waals surface area contributed by atoms with Gasteiger partial charge in [-0.25, -0.2) is 9.18 Å². The van der Waals surface area contributed by atoms with Crippen LogP contribution in [-0.2, 0) is 12.4 Å². The van der Waals surface area contributed by atoms with Crippen molar-refractivity contribution in [3.05, 3.63) is 70.0 Å². The number of alkyl halides is 6. The van der Waals surface area contributed by atoms with Crippen LogP contribution in [0, 0.1) is 18.7 Å². The molecule has 0 spiro atoms. The van der Waals surface area contributed by atoms with Crippen LogP contribution in [0.5, 0.6) is 0 Å². The van der Waals surface area contributed by atoms with Crippen LogP contribution in [0.25, 0.3) is 0 Å². The largest absolute Gasteiger partial charge is 0.416 e. The lowest BCUT2D eigenvalue weighted by Gasteiger charge is -2.36. The third kappa shape index (κ3) is 7.02. The fraction of sp³-hybridized carbons (Fsp3) is 0.519. The lowest BCUT2D eigenvalue weighted by molar-refractivity contribution is -0.143. The van der Waals surface area contributed by atoms with Crippen LogP contribution in [-0.4, -0.2) is 53.7 Å². The van der Waals surface area contributed by atoms with E-state index in [4.69, 9.17) is 0 Å². The van der Waals surface area contributed by atoms with E-state index in [-0.39, 0.29) is 36.7 Å². The maximum atomic E-state index is 13.9. The third-order valence-corrected chi connectivity index (χ3v) is 7.30. The van der Waals surface area contributed by atoms with Gasteiger partial charge >= 0.3 is 18.4 Å². The van der Waals surface area contributed by atoms with Crippen LogP contribution >= 0.6 is 0 Å². The second-order valence-electron chi connectivity index (χ2n) is 10.1. The number of likely N-dealkylation sites (tertiary alicyclic amines) is 1. The summed E-state index contributed by atoms with van der Waals surface area (Å²) in [6.45, 7) is 5.45. The Kier molecular flexibility index (Phi) is 9.21. The molecule has 2 amide bonds. The van der Waals surface area contributed by atoms with Crippen molar-refractivity contribution in [2.24, 2.45) is 5.92 Å². The number of aliphatic hydroxyl groups excluding tert-OH is 1. The number of hydrogen-bond donors (Lipinski definition) is 2. The van der Waals surface area contributed by atoms with Gasteiger partial charge in [0.1, 0.15) is 5.82 Å². The smallest absolute Gasteiger partial charge is 0.395 e. The molecule has 216 valence electrons. The first-order valence-corrected chi connectivity index (χ1v) is 12.5. The number of aliphatic hydroxyl groups is 1. The minimum atomic E-state index is -5.01. The topological polar surface area (TPSA) is 55.8 Å². The Balaban J connectivity index is 1.96. The van der Waals surface area contributed by atoms with E-state index in [1.165, 1.54) is 31.0 Å². The Bertz CT molecular complexity index is 1140. The molecule has 1 heterocycles. The van der Waals surface area contributed by atoms with Crippen molar-refractivity contribution >= 4 is 6.03 Å². The number of urea groups is 1. The molecule has 1 fully saturated rings. The predicted molar refractivity (Wildman–Crippen MR) is 131 cm³/mol. The maximum Gasteiger partial charge on any atom is 0.416 e. The summed E-state index contributed by atoms with van der Waals surface area (Å²) in [6, 6.07) is 3.04. The lowest BCUT2D eigenvalue weighted by atomic mass is 9.90. The van der Waals surface area contributed by atoms with Gasteiger partial charge in [-0.05, 0) is 80.1 Å². The molecule has 1 unspecified atom stereocenters. The second kappa shape index (κ2) is 11.7. The number of hydrogen-bond acceptors (Lipinski definition) is 3. The van der Waals surface area contributed by atoms with Gasteiger partial charge in [0.25, 0.3) is 0 Å². The van der Waals surface area contributed by atoms with Crippen molar-refractivity contribution in [1.82, 2.24) is 15.1 Å². The zero-order chi connectivity index (χ0) is 29.3. The first-order chi connectivity index (χ1) is 18.0. The Morgan fingerprint density at radius 2 is 1.67 bits per heavy atom. The molecular formula is C27H32F7N3O2. The van der Waals surface area contributed by atoms with E-state index in [0.717, 1.165) is 4.90 Å². The normalized spacial score (nSPS) is 19.7. The van der Waals surface area contributed by atoms with E-state index in [9.17, 15) is 40.6 Å². The quantitative estimate of drug-likeness (QED) is 0.388. The molecule has 39 heavy (non-hydrogen) atoms. The van der Waals surface area contributed by atoms with E-state index < -0.39 is 47.4 Å². The molecule has 0 radical (unpaired) electrons. The maximum absolute atomic E-state index is 13.9. The molecule has 2 aromatic rings. The van der Waals surface area contributed by atoms with Gasteiger partial charge in [0.2, 0.25) is 0 Å². The summed E-state index contributed by atoms with van der Waals surface area (Å²) in [4.78, 5) is 16.3. The Hall–Kier alpha value is -2.86. The second-order valence-corrected chi connectivity index (χ2v) is 10.1. The van der Waals surface area contributed by atoms with Crippen molar-refractivity contribution in [3.63, 3.8) is 0 Å². The molecule has 1 aliphatic rings. The molecule has 1 aliphatic heterocycles. The number of rotatable bonds is 7. The van der Waals surface area contributed by atoms with Crippen molar-refractivity contribution in [1.29, 1.82) is 0 Å². The van der Waals surface area contributed by atoms with E-state index in [2.05, 4.69) is 5.32 Å². The summed E-state index contributed by atoms with van der Waals surface area (Å²) in [6.07, 6.45) is -9.48. The molecule has 0 saturated carbocycles. The van der Waals surface area contributed by atoms with Gasteiger partial charge in [-0.1, -0.05) is 6.07 Å². The third-order valence-electron chi connectivity index (χ3n) is 7.30. The van der Waals surface area contributed by atoms with Gasteiger partial charge in [-0.2, -0.15) is 26.3 Å². The molecule has 0 aromatic heterocycles. The molecule has 0 bridgehead atoms. The highest BCUT2D eigenvalue weighted by Gasteiger charge is 2.42. The lowest BCUT2D eigenvalue weighted by Crippen LogP contribution is -2.43. The summed E-state index contributed by atoms with van der Waals surface area (Å²) < 4.78 is 94.3. The highest BCUT2D eigenvalue weighted by molar-refractivity contribution is 5.76. The van der Waals surface area contributed by atoms with Gasteiger partial charge in [0, 0.05) is 26.2 Å². The monoisotopic (exact) mass is 563 g/mol. The van der Waals surface area contributed by atoms with Crippen LogP contribution in [0.15, 0.2) is 36.4 Å². The Morgan fingerprint density at radius 1 is 1.08 bits per heavy atom. The Morgan fingerprint density at radius 3 is 2.18 bits per heavy atom. The highest BCUT2D eigenvalue weighted by atomic mass is 19.4. The predicted octanol–water partition coefficient (Wildman–Crippen LogP) is 6.32. The zero-order valence-corrected chi connectivity index (χ0v) is 22.0. The van der Waals surface area contributed by atoms with E-state index in [0.29, 0.717) is 36.2 Å². The van der Waals surface area contributed by atoms with Crippen LogP contribution in [0.3, 0.4) is 0 Å². The number of nitrogens with zero attached hydrogens (tertiary/aromatic N) is 2. The summed E-state index contributed by atoms with van der Waals surface area (Å²) in [5.41, 5.74) is -1.93. The first-order valence-electron chi connectivity index (χ1n) is 12.5. The van der Waals surface area contributed by atoms with Crippen molar-refractivity contribution < 1.29 is 40.6 Å². The van der Waals surface area contributed by atoms with Crippen molar-refractivity contribution in [2.45, 2.75) is 57.7 Å². The van der Waals surface area contributed by atoms with Gasteiger partial charge in [-0.3, -0.25) is 0 Å². The minimum Gasteiger partial charge on any atom is -0.395 e. The SMILES string of the molecule is Cc1cc(F)ccc1[C@H]1[C@H](CNC(C)CO)CCN1C(=O)N(C)[C@H](C)c1cc(C(F)(F)F)cc(C(F)(F)F)c1. The van der Waals surface area contributed by atoms with Gasteiger partial charge in [-0.15, -0.1) is 0 Å². The average molecular weight is 564 g/mol. The van der Waals surface area contributed by atoms with E-state index >= 15 is 0 Å². The molecule has 0 aliphatic carbocycles.